The number of benzene rings is 1. The number of hydrogen-bond donors (Lipinski definition) is 1. The molecule has 1 rings (SSSR count). The third kappa shape index (κ3) is 3.08. The van der Waals surface area contributed by atoms with Crippen LogP contribution >= 0.6 is 0 Å². The minimum absolute atomic E-state index is 0.141. The van der Waals surface area contributed by atoms with Gasteiger partial charge < -0.3 is 5.73 Å². The summed E-state index contributed by atoms with van der Waals surface area (Å²) in [6, 6.07) is 8.58. The van der Waals surface area contributed by atoms with Crippen molar-refractivity contribution in [3.8, 4) is 0 Å². The van der Waals surface area contributed by atoms with E-state index in [-0.39, 0.29) is 5.54 Å². The smallest absolute Gasteiger partial charge is 0.0327 e. The maximum Gasteiger partial charge on any atom is 0.0327 e. The predicted octanol–water partition coefficient (Wildman–Crippen LogP) is 2.94. The molecule has 2 heteroatoms. The van der Waals surface area contributed by atoms with Gasteiger partial charge >= 0.3 is 0 Å². The lowest BCUT2D eigenvalue weighted by Crippen LogP contribution is -2.50. The first kappa shape index (κ1) is 14.2. The molecule has 0 aliphatic heterocycles. The van der Waals surface area contributed by atoms with Gasteiger partial charge in [0.25, 0.3) is 0 Å². The van der Waals surface area contributed by atoms with E-state index in [1.165, 1.54) is 11.1 Å². The minimum Gasteiger partial charge on any atom is -0.329 e. The summed E-state index contributed by atoms with van der Waals surface area (Å²) < 4.78 is 0. The van der Waals surface area contributed by atoms with Gasteiger partial charge in [-0.05, 0) is 37.9 Å². The molecular weight excluding hydrogens is 208 g/mol. The zero-order valence-electron chi connectivity index (χ0n) is 11.7. The van der Waals surface area contributed by atoms with E-state index in [4.69, 9.17) is 5.73 Å². The molecule has 2 nitrogen and oxygen atoms in total. The standard InChI is InChI=1S/C15H26N2/c1-5-15(6-2,12-16)17(4)11-14-10-8-7-9-13(14)3/h7-10H,5-6,11-12,16H2,1-4H3. The predicted molar refractivity (Wildman–Crippen MR) is 75.0 cm³/mol. The fourth-order valence-corrected chi connectivity index (χ4v) is 2.45. The van der Waals surface area contributed by atoms with Gasteiger partial charge in [-0.25, -0.2) is 0 Å². The van der Waals surface area contributed by atoms with Gasteiger partial charge in [-0.1, -0.05) is 38.1 Å². The van der Waals surface area contributed by atoms with E-state index in [2.05, 4.69) is 57.0 Å². The molecule has 0 aromatic heterocycles. The second-order valence-corrected chi connectivity index (χ2v) is 4.92. The lowest BCUT2D eigenvalue weighted by atomic mass is 9.90. The number of hydrogen-bond acceptors (Lipinski definition) is 2. The van der Waals surface area contributed by atoms with Crippen LogP contribution in [0, 0.1) is 6.92 Å². The summed E-state index contributed by atoms with van der Waals surface area (Å²) in [5.41, 5.74) is 8.88. The Labute approximate surface area is 106 Å². The van der Waals surface area contributed by atoms with Crippen LogP contribution in [0.5, 0.6) is 0 Å². The van der Waals surface area contributed by atoms with Crippen LogP contribution in [0.15, 0.2) is 24.3 Å². The molecule has 0 unspecified atom stereocenters. The molecule has 0 spiro atoms. The van der Waals surface area contributed by atoms with Gasteiger partial charge in [0.05, 0.1) is 0 Å². The summed E-state index contributed by atoms with van der Waals surface area (Å²) in [6.07, 6.45) is 2.20. The Bertz CT molecular complexity index is 334. The van der Waals surface area contributed by atoms with Crippen LogP contribution in [-0.2, 0) is 6.54 Å². The molecule has 0 aliphatic rings. The molecule has 0 amide bonds. The molecular formula is C15H26N2. The van der Waals surface area contributed by atoms with E-state index in [0.717, 1.165) is 25.9 Å². The van der Waals surface area contributed by atoms with Crippen LogP contribution < -0.4 is 5.73 Å². The third-order valence-corrected chi connectivity index (χ3v) is 4.17. The highest BCUT2D eigenvalue weighted by Gasteiger charge is 2.29. The highest BCUT2D eigenvalue weighted by atomic mass is 15.2. The lowest BCUT2D eigenvalue weighted by Gasteiger charge is -2.40. The Balaban J connectivity index is 2.84. The lowest BCUT2D eigenvalue weighted by molar-refractivity contribution is 0.108. The molecule has 0 atom stereocenters. The molecule has 0 saturated heterocycles. The molecule has 1 aromatic rings. The normalized spacial score (nSPS) is 12.1. The van der Waals surface area contributed by atoms with Crippen molar-refractivity contribution in [2.75, 3.05) is 13.6 Å². The van der Waals surface area contributed by atoms with Crippen molar-refractivity contribution in [2.24, 2.45) is 5.73 Å². The van der Waals surface area contributed by atoms with Gasteiger partial charge in [0.15, 0.2) is 0 Å². The first-order valence-corrected chi connectivity index (χ1v) is 6.55. The molecule has 0 aliphatic carbocycles. The molecule has 2 N–H and O–H groups in total. The zero-order valence-corrected chi connectivity index (χ0v) is 11.7. The Morgan fingerprint density at radius 1 is 1.18 bits per heavy atom. The molecule has 0 heterocycles. The first-order valence-electron chi connectivity index (χ1n) is 6.55. The van der Waals surface area contributed by atoms with E-state index in [9.17, 15) is 0 Å². The zero-order chi connectivity index (χ0) is 12.9. The van der Waals surface area contributed by atoms with Crippen molar-refractivity contribution >= 4 is 0 Å². The average molecular weight is 234 g/mol. The Morgan fingerprint density at radius 2 is 1.76 bits per heavy atom. The van der Waals surface area contributed by atoms with E-state index in [1.54, 1.807) is 0 Å². The van der Waals surface area contributed by atoms with Crippen molar-refractivity contribution in [2.45, 2.75) is 45.7 Å². The SMILES string of the molecule is CCC(CC)(CN)N(C)Cc1ccccc1C. The van der Waals surface area contributed by atoms with Crippen LogP contribution in [0.1, 0.15) is 37.8 Å². The molecule has 0 bridgehead atoms. The molecule has 0 saturated carbocycles. The third-order valence-electron chi connectivity index (χ3n) is 4.17. The highest BCUT2D eigenvalue weighted by molar-refractivity contribution is 5.25. The number of likely N-dealkylation sites (N-methyl/N-ethyl adjacent to an activating group) is 1. The summed E-state index contributed by atoms with van der Waals surface area (Å²) in [5.74, 6) is 0. The summed E-state index contributed by atoms with van der Waals surface area (Å²) in [5, 5.41) is 0. The summed E-state index contributed by atoms with van der Waals surface area (Å²) >= 11 is 0. The van der Waals surface area contributed by atoms with Gasteiger partial charge in [0.1, 0.15) is 0 Å². The van der Waals surface area contributed by atoms with Gasteiger partial charge in [-0.2, -0.15) is 0 Å². The number of aryl methyl sites for hydroxylation is 1. The molecule has 0 radical (unpaired) electrons. The van der Waals surface area contributed by atoms with Crippen LogP contribution in [0.2, 0.25) is 0 Å². The van der Waals surface area contributed by atoms with E-state index < -0.39 is 0 Å². The fourth-order valence-electron chi connectivity index (χ4n) is 2.45. The fraction of sp³-hybridized carbons (Fsp3) is 0.600. The molecule has 17 heavy (non-hydrogen) atoms. The van der Waals surface area contributed by atoms with Gasteiger partial charge in [0.2, 0.25) is 0 Å². The van der Waals surface area contributed by atoms with Crippen molar-refractivity contribution in [3.05, 3.63) is 35.4 Å². The maximum absolute atomic E-state index is 5.98. The van der Waals surface area contributed by atoms with Crippen molar-refractivity contribution in [3.63, 3.8) is 0 Å². The second kappa shape index (κ2) is 6.18. The first-order chi connectivity index (χ1) is 8.09. The number of rotatable bonds is 6. The Morgan fingerprint density at radius 3 is 2.24 bits per heavy atom. The van der Waals surface area contributed by atoms with Crippen LogP contribution in [0.3, 0.4) is 0 Å². The average Bonchev–Trinajstić information content (AvgIpc) is 2.35. The van der Waals surface area contributed by atoms with Crippen LogP contribution in [0.4, 0.5) is 0 Å². The summed E-state index contributed by atoms with van der Waals surface area (Å²) in [4.78, 5) is 2.41. The van der Waals surface area contributed by atoms with Crippen LogP contribution in [-0.4, -0.2) is 24.0 Å². The van der Waals surface area contributed by atoms with Crippen molar-refractivity contribution < 1.29 is 0 Å². The topological polar surface area (TPSA) is 29.3 Å². The van der Waals surface area contributed by atoms with E-state index in [0.29, 0.717) is 0 Å². The quantitative estimate of drug-likeness (QED) is 0.820. The van der Waals surface area contributed by atoms with Gasteiger partial charge in [0, 0.05) is 18.6 Å². The maximum atomic E-state index is 5.98. The van der Waals surface area contributed by atoms with E-state index >= 15 is 0 Å². The second-order valence-electron chi connectivity index (χ2n) is 4.92. The number of nitrogens with two attached hydrogens (primary N) is 1. The highest BCUT2D eigenvalue weighted by Crippen LogP contribution is 2.24. The molecule has 0 fully saturated rings. The van der Waals surface area contributed by atoms with Crippen molar-refractivity contribution in [1.82, 2.24) is 4.90 Å². The summed E-state index contributed by atoms with van der Waals surface area (Å²) in [7, 11) is 2.19. The summed E-state index contributed by atoms with van der Waals surface area (Å²) in [6.45, 7) is 8.33. The largest absolute Gasteiger partial charge is 0.329 e. The molecule has 96 valence electrons. The van der Waals surface area contributed by atoms with Gasteiger partial charge in [-0.3, -0.25) is 4.90 Å². The Hall–Kier alpha value is -0.860. The van der Waals surface area contributed by atoms with Gasteiger partial charge in [-0.15, -0.1) is 0 Å². The van der Waals surface area contributed by atoms with E-state index in [1.807, 2.05) is 0 Å². The Kier molecular flexibility index (Phi) is 5.16. The monoisotopic (exact) mass is 234 g/mol. The number of nitrogens with zero attached hydrogens (tertiary/aromatic N) is 1. The van der Waals surface area contributed by atoms with Crippen molar-refractivity contribution in [1.29, 1.82) is 0 Å². The minimum atomic E-state index is 0.141. The van der Waals surface area contributed by atoms with Crippen LogP contribution in [0.25, 0.3) is 0 Å². The molecule has 1 aromatic carbocycles.